The Morgan fingerprint density at radius 3 is 1.63 bits per heavy atom. The van der Waals surface area contributed by atoms with Crippen molar-refractivity contribution in [1.82, 2.24) is 0 Å². The third kappa shape index (κ3) is 5.29. The van der Waals surface area contributed by atoms with E-state index in [1.54, 1.807) is 0 Å². The van der Waals surface area contributed by atoms with Crippen LogP contribution in [-0.2, 0) is 12.8 Å². The molecule has 4 heteroatoms. The second kappa shape index (κ2) is 9.92. The van der Waals surface area contributed by atoms with Crippen LogP contribution in [0.1, 0.15) is 72.9 Å². The van der Waals surface area contributed by atoms with Gasteiger partial charge in [-0.3, -0.25) is 9.98 Å². The van der Waals surface area contributed by atoms with Crippen LogP contribution in [0.3, 0.4) is 0 Å². The highest BCUT2D eigenvalue weighted by molar-refractivity contribution is 5.85. The summed E-state index contributed by atoms with van der Waals surface area (Å²) in [5.41, 5.74) is 5.81. The van der Waals surface area contributed by atoms with Crippen LogP contribution in [0.25, 0.3) is 0 Å². The van der Waals surface area contributed by atoms with Gasteiger partial charge < -0.3 is 10.2 Å². The van der Waals surface area contributed by atoms with E-state index < -0.39 is 0 Å². The number of phenolic OH excluding ortho intramolecular Hbond substituents is 2. The zero-order valence-electron chi connectivity index (χ0n) is 18.7. The van der Waals surface area contributed by atoms with Gasteiger partial charge in [-0.25, -0.2) is 0 Å². The zero-order valence-corrected chi connectivity index (χ0v) is 18.7. The lowest BCUT2D eigenvalue weighted by atomic mass is 9.91. The number of benzene rings is 2. The smallest absolute Gasteiger partial charge is 0.127 e. The predicted octanol–water partition coefficient (Wildman–Crippen LogP) is 5.69. The van der Waals surface area contributed by atoms with Crippen molar-refractivity contribution in [1.29, 1.82) is 0 Å². The van der Waals surface area contributed by atoms with E-state index in [2.05, 4.69) is 13.8 Å². The van der Waals surface area contributed by atoms with E-state index in [0.29, 0.717) is 11.5 Å². The first kappa shape index (κ1) is 22.1. The number of aryl methyl sites for hydroxylation is 4. The quantitative estimate of drug-likeness (QED) is 0.605. The summed E-state index contributed by atoms with van der Waals surface area (Å²) in [5, 5.41) is 20.7. The minimum Gasteiger partial charge on any atom is -0.507 e. The fourth-order valence-corrected chi connectivity index (χ4v) is 4.15. The van der Waals surface area contributed by atoms with Crippen molar-refractivity contribution in [3.8, 4) is 11.5 Å². The molecule has 0 bridgehead atoms. The van der Waals surface area contributed by atoms with Crippen molar-refractivity contribution in [3.63, 3.8) is 0 Å². The van der Waals surface area contributed by atoms with Crippen LogP contribution in [0, 0.1) is 13.8 Å². The highest BCUT2D eigenvalue weighted by atomic mass is 16.3. The lowest BCUT2D eigenvalue weighted by molar-refractivity contribution is 0.397. The first-order valence-electron chi connectivity index (χ1n) is 11.1. The molecule has 1 fully saturated rings. The Hall–Kier alpha value is -2.62. The molecule has 0 aromatic heterocycles. The lowest BCUT2D eigenvalue weighted by Crippen LogP contribution is -2.21. The van der Waals surface area contributed by atoms with Gasteiger partial charge in [0, 0.05) is 23.6 Å². The minimum atomic E-state index is 0.211. The molecule has 0 saturated heterocycles. The Balaban J connectivity index is 1.71. The first-order valence-corrected chi connectivity index (χ1v) is 11.1. The minimum absolute atomic E-state index is 0.211. The topological polar surface area (TPSA) is 65.2 Å². The lowest BCUT2D eigenvalue weighted by Gasteiger charge is -2.24. The van der Waals surface area contributed by atoms with Gasteiger partial charge in [-0.15, -0.1) is 0 Å². The number of aromatic hydroxyl groups is 2. The number of hydrogen-bond donors (Lipinski definition) is 2. The third-order valence-corrected chi connectivity index (χ3v) is 6.06. The molecule has 4 nitrogen and oxygen atoms in total. The van der Waals surface area contributed by atoms with E-state index in [1.165, 1.54) is 11.1 Å². The molecular formula is C26H34N2O2. The Morgan fingerprint density at radius 2 is 1.23 bits per heavy atom. The van der Waals surface area contributed by atoms with E-state index in [4.69, 9.17) is 9.98 Å². The second-order valence-corrected chi connectivity index (χ2v) is 8.44. The zero-order chi connectivity index (χ0) is 21.7. The Labute approximate surface area is 180 Å². The summed E-state index contributed by atoms with van der Waals surface area (Å²) in [6.07, 6.45) is 9.62. The summed E-state index contributed by atoms with van der Waals surface area (Å²) in [6.45, 7) is 8.10. The van der Waals surface area contributed by atoms with E-state index in [-0.39, 0.29) is 12.1 Å². The largest absolute Gasteiger partial charge is 0.507 e. The normalized spacial score (nSPS) is 19.7. The van der Waals surface area contributed by atoms with E-state index in [0.717, 1.165) is 60.8 Å². The average Bonchev–Trinajstić information content (AvgIpc) is 2.75. The molecule has 0 spiro atoms. The Morgan fingerprint density at radius 1 is 0.800 bits per heavy atom. The first-order chi connectivity index (χ1) is 14.4. The second-order valence-electron chi connectivity index (χ2n) is 8.44. The molecule has 1 saturated carbocycles. The monoisotopic (exact) mass is 406 g/mol. The molecule has 2 N–H and O–H groups in total. The molecule has 2 atom stereocenters. The molecule has 1 aliphatic rings. The van der Waals surface area contributed by atoms with Crippen LogP contribution in [-0.4, -0.2) is 34.7 Å². The molecule has 2 unspecified atom stereocenters. The van der Waals surface area contributed by atoms with Gasteiger partial charge in [0.15, 0.2) is 0 Å². The van der Waals surface area contributed by atoms with Crippen LogP contribution in [0.2, 0.25) is 0 Å². The molecule has 1 aliphatic carbocycles. The van der Waals surface area contributed by atoms with E-state index >= 15 is 0 Å². The van der Waals surface area contributed by atoms with Gasteiger partial charge in [0.05, 0.1) is 12.1 Å². The molecule has 30 heavy (non-hydrogen) atoms. The summed E-state index contributed by atoms with van der Waals surface area (Å²) in [6, 6.07) is 8.53. The van der Waals surface area contributed by atoms with Gasteiger partial charge in [-0.2, -0.15) is 0 Å². The SMILES string of the molecule is CCc1cc(C)c(O)c(C=NC2CCCC(N=Cc3cc(CC)cc(C)c3O)C2)c1. The Kier molecular flexibility index (Phi) is 7.30. The fraction of sp³-hybridized carbons (Fsp3) is 0.462. The van der Waals surface area contributed by atoms with Crippen molar-refractivity contribution < 1.29 is 10.2 Å². The molecule has 0 aliphatic heterocycles. The average molecular weight is 407 g/mol. The van der Waals surface area contributed by atoms with Gasteiger partial charge >= 0.3 is 0 Å². The maximum atomic E-state index is 10.4. The number of phenols is 2. The molecule has 2 aromatic carbocycles. The van der Waals surface area contributed by atoms with Gasteiger partial charge in [-0.05, 0) is 86.8 Å². The van der Waals surface area contributed by atoms with Crippen molar-refractivity contribution in [2.75, 3.05) is 0 Å². The molecule has 160 valence electrons. The number of nitrogens with zero attached hydrogens (tertiary/aromatic N) is 2. The van der Waals surface area contributed by atoms with Crippen molar-refractivity contribution in [2.24, 2.45) is 9.98 Å². The molecule has 2 aromatic rings. The summed E-state index contributed by atoms with van der Waals surface area (Å²) >= 11 is 0. The highest BCUT2D eigenvalue weighted by Crippen LogP contribution is 2.27. The molecule has 0 radical (unpaired) electrons. The van der Waals surface area contributed by atoms with Crippen LogP contribution in [0.5, 0.6) is 11.5 Å². The summed E-state index contributed by atoms with van der Waals surface area (Å²) < 4.78 is 0. The van der Waals surface area contributed by atoms with Crippen LogP contribution in [0.4, 0.5) is 0 Å². The van der Waals surface area contributed by atoms with Gasteiger partial charge in [-0.1, -0.05) is 26.0 Å². The van der Waals surface area contributed by atoms with Crippen LogP contribution >= 0.6 is 0 Å². The predicted molar refractivity (Wildman–Crippen MR) is 126 cm³/mol. The maximum Gasteiger partial charge on any atom is 0.127 e. The molecule has 3 rings (SSSR count). The van der Waals surface area contributed by atoms with Gasteiger partial charge in [0.25, 0.3) is 0 Å². The van der Waals surface area contributed by atoms with E-state index in [9.17, 15) is 10.2 Å². The van der Waals surface area contributed by atoms with E-state index in [1.807, 2.05) is 50.5 Å². The fourth-order valence-electron chi connectivity index (χ4n) is 4.15. The number of rotatable bonds is 6. The number of aliphatic imine (C=N–C) groups is 2. The van der Waals surface area contributed by atoms with Crippen LogP contribution < -0.4 is 0 Å². The summed E-state index contributed by atoms with van der Waals surface area (Å²) in [5.74, 6) is 0.644. The van der Waals surface area contributed by atoms with Gasteiger partial charge in [0.2, 0.25) is 0 Å². The molecule has 0 heterocycles. The third-order valence-electron chi connectivity index (χ3n) is 6.06. The molecular weight excluding hydrogens is 372 g/mol. The molecule has 0 amide bonds. The van der Waals surface area contributed by atoms with Crippen molar-refractivity contribution >= 4 is 12.4 Å². The van der Waals surface area contributed by atoms with Crippen LogP contribution in [0.15, 0.2) is 34.3 Å². The van der Waals surface area contributed by atoms with Crippen molar-refractivity contribution in [2.45, 2.75) is 78.3 Å². The number of hydrogen-bond acceptors (Lipinski definition) is 4. The maximum absolute atomic E-state index is 10.4. The highest BCUT2D eigenvalue weighted by Gasteiger charge is 2.20. The standard InChI is InChI=1S/C26H34N2O2/c1-5-19-10-17(3)25(29)21(12-19)15-27-23-8-7-9-24(14-23)28-16-22-13-20(6-2)11-18(4)26(22)30/h10-13,15-16,23-24,29-30H,5-9,14H2,1-4H3. The van der Waals surface area contributed by atoms with Crippen molar-refractivity contribution in [3.05, 3.63) is 57.6 Å². The summed E-state index contributed by atoms with van der Waals surface area (Å²) in [4.78, 5) is 9.57. The summed E-state index contributed by atoms with van der Waals surface area (Å²) in [7, 11) is 0. The van der Waals surface area contributed by atoms with Gasteiger partial charge in [0.1, 0.15) is 11.5 Å². The Bertz CT molecular complexity index is 871.